The number of anilines is 8. The third-order valence-corrected chi connectivity index (χ3v) is 25.3. The van der Waals surface area contributed by atoms with Crippen molar-refractivity contribution < 1.29 is 4.42 Å². The summed E-state index contributed by atoms with van der Waals surface area (Å²) in [5.74, 6) is 0. The number of benzene rings is 8. The Hall–Kier alpha value is -6.76. The highest BCUT2D eigenvalue weighted by atomic mass is 32.1. The van der Waals surface area contributed by atoms with E-state index in [9.17, 15) is 0 Å². The van der Waals surface area contributed by atoms with Crippen molar-refractivity contribution in [3.8, 4) is 0 Å². The molecule has 428 valence electrons. The largest absolute Gasteiger partial charge is 0.456 e. The van der Waals surface area contributed by atoms with Gasteiger partial charge in [0.15, 0.2) is 0 Å². The molecule has 4 bridgehead atoms. The zero-order chi connectivity index (χ0) is 58.8. The molecule has 2 unspecified atom stereocenters. The van der Waals surface area contributed by atoms with Crippen molar-refractivity contribution in [1.29, 1.82) is 0 Å². The molecule has 0 N–H and O–H groups in total. The Kier molecular flexibility index (Phi) is 10.2. The van der Waals surface area contributed by atoms with Crippen LogP contribution in [-0.2, 0) is 37.9 Å². The second-order valence-corrected chi connectivity index (χ2v) is 33.2. The van der Waals surface area contributed by atoms with Crippen molar-refractivity contribution in [3.63, 3.8) is 0 Å². The van der Waals surface area contributed by atoms with E-state index in [2.05, 4.69) is 246 Å². The normalized spacial score (nSPS) is 23.1. The smallest absolute Gasteiger partial charge is 0.252 e. The summed E-state index contributed by atoms with van der Waals surface area (Å²) >= 11 is 1.97. The summed E-state index contributed by atoms with van der Waals surface area (Å²) in [7, 11) is 0. The Bertz CT molecular complexity index is 4650. The van der Waals surface area contributed by atoms with Crippen LogP contribution in [0, 0.1) is 0 Å². The molecule has 2 atom stereocenters. The monoisotopic (exact) mass is 1130 g/mol. The predicted octanol–water partition coefficient (Wildman–Crippen LogP) is 20.4. The third-order valence-electron chi connectivity index (χ3n) is 24.1. The van der Waals surface area contributed by atoms with Crippen LogP contribution >= 0.6 is 11.3 Å². The Balaban J connectivity index is 1.07. The van der Waals surface area contributed by atoms with Gasteiger partial charge in [-0.1, -0.05) is 170 Å². The van der Waals surface area contributed by atoms with Crippen molar-refractivity contribution in [1.82, 2.24) is 0 Å². The average Bonchev–Trinajstić information content (AvgIpc) is 1.69. The number of furan rings is 1. The Morgan fingerprint density at radius 3 is 1.86 bits per heavy atom. The van der Waals surface area contributed by atoms with Crippen LogP contribution in [0.15, 0.2) is 132 Å². The van der Waals surface area contributed by atoms with Gasteiger partial charge in [0.2, 0.25) is 0 Å². The van der Waals surface area contributed by atoms with Crippen molar-refractivity contribution in [2.24, 2.45) is 0 Å². The van der Waals surface area contributed by atoms with Gasteiger partial charge < -0.3 is 19.1 Å². The van der Waals surface area contributed by atoms with Gasteiger partial charge in [-0.2, -0.15) is 0 Å². The minimum atomic E-state index is -0.314. The van der Waals surface area contributed by atoms with E-state index in [1.165, 1.54) is 157 Å². The average molecular weight is 1130 g/mol. The number of hydrogen-bond acceptors (Lipinski definition) is 5. The summed E-state index contributed by atoms with van der Waals surface area (Å²) in [4.78, 5) is 8.46. The summed E-state index contributed by atoms with van der Waals surface area (Å²) in [5.41, 5.74) is 27.4. The fourth-order valence-corrected chi connectivity index (χ4v) is 19.7. The number of hydrogen-bond donors (Lipinski definition) is 0. The van der Waals surface area contributed by atoms with Gasteiger partial charge >= 0.3 is 0 Å². The molecule has 8 aliphatic rings. The first-order valence-electron chi connectivity index (χ1n) is 32.2. The molecule has 0 saturated heterocycles. The van der Waals surface area contributed by atoms with Gasteiger partial charge in [-0.3, -0.25) is 0 Å². The third kappa shape index (κ3) is 6.71. The lowest BCUT2D eigenvalue weighted by molar-refractivity contribution is 0.195. The highest BCUT2D eigenvalue weighted by Gasteiger charge is 2.59. The van der Waals surface area contributed by atoms with Gasteiger partial charge in [-0.05, 0) is 200 Å². The highest BCUT2D eigenvalue weighted by Crippen LogP contribution is 2.64. The van der Waals surface area contributed by atoms with Crippen LogP contribution in [0.4, 0.5) is 45.5 Å². The lowest BCUT2D eigenvalue weighted by Crippen LogP contribution is -2.62. The molecule has 1 saturated carbocycles. The van der Waals surface area contributed by atoms with E-state index in [1.807, 2.05) is 11.3 Å². The van der Waals surface area contributed by atoms with Crippen LogP contribution in [-0.4, -0.2) is 12.3 Å². The van der Waals surface area contributed by atoms with E-state index < -0.39 is 0 Å². The summed E-state index contributed by atoms with van der Waals surface area (Å²) < 4.78 is 9.81. The fraction of sp³-hybridized carbons (Fsp3) is 0.392. The molecule has 6 heteroatoms. The summed E-state index contributed by atoms with van der Waals surface area (Å²) in [6.45, 7) is 37.3. The lowest BCUT2D eigenvalue weighted by atomic mass is 9.33. The first-order chi connectivity index (χ1) is 40.2. The number of rotatable bonds is 2. The minimum Gasteiger partial charge on any atom is -0.456 e. The topological polar surface area (TPSA) is 22.9 Å². The molecule has 4 nitrogen and oxygen atoms in total. The van der Waals surface area contributed by atoms with Gasteiger partial charge in [-0.25, -0.2) is 0 Å². The molecule has 10 aromatic rings. The van der Waals surface area contributed by atoms with Gasteiger partial charge in [0.05, 0.1) is 27.0 Å². The molecule has 18 rings (SSSR count). The van der Waals surface area contributed by atoms with Crippen molar-refractivity contribution in [3.05, 3.63) is 172 Å². The van der Waals surface area contributed by atoms with Gasteiger partial charge in [0.1, 0.15) is 11.2 Å². The van der Waals surface area contributed by atoms with E-state index in [4.69, 9.17) is 4.42 Å². The Morgan fingerprint density at radius 1 is 0.471 bits per heavy atom. The molecule has 0 radical (unpaired) electrons. The van der Waals surface area contributed by atoms with Gasteiger partial charge in [-0.15, -0.1) is 11.3 Å². The SMILES string of the molecule is CC(C)(C)c1ccc2c(c1)C1(C)CCCCC1(C)N2c1cc2c3c(c1)N1c4ccc(c5c4sc4ccccc45)C(C)(C)c4ccc5oc6ccc(c1c6c5c4)B3c1cc3c(cc1N2c1ccc2c(c1)C(C)(C)CCC2(C)C)C(C)(C)CCC3(C)C. The summed E-state index contributed by atoms with van der Waals surface area (Å²) in [6.07, 6.45) is 9.37. The first-order valence-corrected chi connectivity index (χ1v) is 33.1. The van der Waals surface area contributed by atoms with Gasteiger partial charge in [0.25, 0.3) is 6.71 Å². The van der Waals surface area contributed by atoms with E-state index in [0.29, 0.717) is 0 Å². The predicted molar refractivity (Wildman–Crippen MR) is 365 cm³/mol. The van der Waals surface area contributed by atoms with E-state index >= 15 is 0 Å². The van der Waals surface area contributed by atoms with Crippen LogP contribution in [0.3, 0.4) is 0 Å². The van der Waals surface area contributed by atoms with E-state index in [0.717, 1.165) is 43.3 Å². The summed E-state index contributed by atoms with van der Waals surface area (Å²) in [6, 6.07) is 52.3. The molecule has 7 heterocycles. The maximum absolute atomic E-state index is 7.16. The maximum Gasteiger partial charge on any atom is 0.252 e. The van der Waals surface area contributed by atoms with Crippen LogP contribution in [0.25, 0.3) is 42.1 Å². The summed E-state index contributed by atoms with van der Waals surface area (Å²) in [5, 5.41) is 5.10. The Labute approximate surface area is 508 Å². The lowest BCUT2D eigenvalue weighted by Gasteiger charge is -2.51. The number of fused-ring (bicyclic) bond motifs is 10. The molecular weight excluding hydrogens is 1050 g/mol. The highest BCUT2D eigenvalue weighted by molar-refractivity contribution is 7.26. The number of nitrogens with zero attached hydrogens (tertiary/aromatic N) is 3. The van der Waals surface area contributed by atoms with Gasteiger partial charge in [0, 0.05) is 65.8 Å². The molecule has 8 aromatic carbocycles. The minimum absolute atomic E-state index is 0.00156. The standard InChI is InChI=1S/C79H82BN3OS/c1-72(2,3)45-22-28-59-56(39-45)78(14)32-18-19-33-79(78,15)83(59)48-41-62-69-63(42-48)82-60-29-26-52(67-49-20-16-17-21-66(49)85-71(60)67)77(12,13)46-23-30-64-50(38-46)68-65(84-64)31-27-57(70(68)82)80(69)58-43-54-55(76(10,11)37-36-75(54,8)9)44-61(58)81(62)47-24-25-51-53(40-47)74(6,7)35-34-73(51,4)5/h16-17,20-31,38-44H,18-19,32-37H2,1-15H3. The molecule has 5 aliphatic heterocycles. The maximum atomic E-state index is 7.16. The first kappa shape index (κ1) is 52.6. The molecule has 2 aromatic heterocycles. The Morgan fingerprint density at radius 2 is 1.12 bits per heavy atom. The molecular formula is C79H82BN3OS. The zero-order valence-corrected chi connectivity index (χ0v) is 53.8. The zero-order valence-electron chi connectivity index (χ0n) is 53.0. The van der Waals surface area contributed by atoms with Crippen molar-refractivity contribution in [2.45, 2.75) is 199 Å². The fourth-order valence-electron chi connectivity index (χ4n) is 18.4. The number of thiophene rings is 1. The van der Waals surface area contributed by atoms with Crippen molar-refractivity contribution >= 4 is 122 Å². The second-order valence-electron chi connectivity index (χ2n) is 32.1. The molecule has 3 aliphatic carbocycles. The molecule has 0 spiro atoms. The molecule has 85 heavy (non-hydrogen) atoms. The van der Waals surface area contributed by atoms with Crippen LogP contribution in [0.1, 0.15) is 200 Å². The second kappa shape index (κ2) is 16.4. The van der Waals surface area contributed by atoms with Crippen LogP contribution in [0.5, 0.6) is 0 Å². The molecule has 1 fully saturated rings. The van der Waals surface area contributed by atoms with E-state index in [-0.39, 0.29) is 50.2 Å². The van der Waals surface area contributed by atoms with Crippen molar-refractivity contribution in [2.75, 3.05) is 14.7 Å². The molecule has 0 amide bonds. The van der Waals surface area contributed by atoms with E-state index in [1.54, 1.807) is 0 Å². The quantitative estimate of drug-likeness (QED) is 0.161. The van der Waals surface area contributed by atoms with Crippen LogP contribution in [0.2, 0.25) is 0 Å². The van der Waals surface area contributed by atoms with Crippen LogP contribution < -0.4 is 31.1 Å².